The lowest BCUT2D eigenvalue weighted by molar-refractivity contribution is -0.0338. The molecular formula is C11H17N3O2. The first-order chi connectivity index (χ1) is 7.83. The van der Waals surface area contributed by atoms with Crippen molar-refractivity contribution in [1.82, 2.24) is 14.9 Å². The first-order valence-electron chi connectivity index (χ1n) is 5.67. The van der Waals surface area contributed by atoms with E-state index in [0.717, 1.165) is 44.8 Å². The van der Waals surface area contributed by atoms with Gasteiger partial charge in [-0.3, -0.25) is 9.69 Å². The van der Waals surface area contributed by atoms with Gasteiger partial charge >= 0.3 is 0 Å². The zero-order valence-electron chi connectivity index (χ0n) is 9.48. The van der Waals surface area contributed by atoms with Crippen LogP contribution in [0.5, 0.6) is 0 Å². The van der Waals surface area contributed by atoms with Crippen molar-refractivity contribution in [2.24, 2.45) is 0 Å². The predicted octanol–water partition coefficient (Wildman–Crippen LogP) is 1.01. The number of nitrogens with zero attached hydrogens (tertiary/aromatic N) is 2. The number of morpholine rings is 1. The Morgan fingerprint density at radius 3 is 3.31 bits per heavy atom. The van der Waals surface area contributed by atoms with E-state index >= 15 is 0 Å². The maximum atomic E-state index is 10.5. The number of imidazole rings is 1. The lowest BCUT2D eigenvalue weighted by Crippen LogP contribution is -2.39. The van der Waals surface area contributed by atoms with Gasteiger partial charge in [0, 0.05) is 13.1 Å². The summed E-state index contributed by atoms with van der Waals surface area (Å²) < 4.78 is 5.65. The van der Waals surface area contributed by atoms with Crippen LogP contribution in [0, 0.1) is 0 Å². The Morgan fingerprint density at radius 1 is 1.75 bits per heavy atom. The SMILES string of the molecule is CCCN1CCOC(c2ncc(C=O)[nH]2)C1. The van der Waals surface area contributed by atoms with Gasteiger partial charge in [0.2, 0.25) is 0 Å². The topological polar surface area (TPSA) is 58.2 Å². The molecule has 0 bridgehead atoms. The van der Waals surface area contributed by atoms with Crippen molar-refractivity contribution in [3.63, 3.8) is 0 Å². The van der Waals surface area contributed by atoms with E-state index in [1.165, 1.54) is 0 Å². The second-order valence-electron chi connectivity index (χ2n) is 4.00. The highest BCUT2D eigenvalue weighted by molar-refractivity contribution is 5.71. The van der Waals surface area contributed by atoms with Gasteiger partial charge in [0.1, 0.15) is 11.9 Å². The van der Waals surface area contributed by atoms with Crippen LogP contribution in [-0.4, -0.2) is 47.4 Å². The van der Waals surface area contributed by atoms with Gasteiger partial charge < -0.3 is 9.72 Å². The molecule has 2 rings (SSSR count). The maximum Gasteiger partial charge on any atom is 0.167 e. The van der Waals surface area contributed by atoms with E-state index in [4.69, 9.17) is 4.74 Å². The molecule has 0 spiro atoms. The Bertz CT molecular complexity index is 349. The summed E-state index contributed by atoms with van der Waals surface area (Å²) in [4.78, 5) is 20.0. The number of carbonyl (C=O) groups is 1. The second kappa shape index (κ2) is 5.23. The Kier molecular flexibility index (Phi) is 3.69. The summed E-state index contributed by atoms with van der Waals surface area (Å²) in [6, 6.07) is 0. The number of rotatable bonds is 4. The fraction of sp³-hybridized carbons (Fsp3) is 0.636. The van der Waals surface area contributed by atoms with Crippen LogP contribution in [0.1, 0.15) is 35.8 Å². The van der Waals surface area contributed by atoms with Gasteiger partial charge in [-0.2, -0.15) is 0 Å². The number of hydrogen-bond acceptors (Lipinski definition) is 4. The molecule has 88 valence electrons. The van der Waals surface area contributed by atoms with Crippen molar-refractivity contribution >= 4 is 6.29 Å². The number of aldehydes is 1. The monoisotopic (exact) mass is 223 g/mol. The zero-order valence-corrected chi connectivity index (χ0v) is 9.48. The van der Waals surface area contributed by atoms with E-state index in [-0.39, 0.29) is 6.10 Å². The molecule has 1 saturated heterocycles. The van der Waals surface area contributed by atoms with Crippen LogP contribution in [0.25, 0.3) is 0 Å². The molecule has 0 radical (unpaired) electrons. The first-order valence-corrected chi connectivity index (χ1v) is 5.67. The molecule has 5 heteroatoms. The highest BCUT2D eigenvalue weighted by Crippen LogP contribution is 2.19. The Labute approximate surface area is 94.8 Å². The molecule has 0 amide bonds. The van der Waals surface area contributed by atoms with Gasteiger partial charge in [-0.25, -0.2) is 4.98 Å². The van der Waals surface area contributed by atoms with Crippen LogP contribution in [0.3, 0.4) is 0 Å². The van der Waals surface area contributed by atoms with E-state index in [0.29, 0.717) is 5.69 Å². The summed E-state index contributed by atoms with van der Waals surface area (Å²) in [5.41, 5.74) is 0.506. The van der Waals surface area contributed by atoms with Crippen LogP contribution >= 0.6 is 0 Å². The van der Waals surface area contributed by atoms with E-state index in [9.17, 15) is 4.79 Å². The smallest absolute Gasteiger partial charge is 0.167 e. The second-order valence-corrected chi connectivity index (χ2v) is 4.00. The normalized spacial score (nSPS) is 22.2. The molecule has 1 atom stereocenters. The molecule has 2 heterocycles. The minimum atomic E-state index is -0.0333. The summed E-state index contributed by atoms with van der Waals surface area (Å²) in [6.45, 7) is 5.80. The van der Waals surface area contributed by atoms with Gasteiger partial charge in [-0.05, 0) is 13.0 Å². The van der Waals surface area contributed by atoms with Crippen LogP contribution < -0.4 is 0 Å². The summed E-state index contributed by atoms with van der Waals surface area (Å²) in [5.74, 6) is 0.753. The number of hydrogen-bond donors (Lipinski definition) is 1. The van der Waals surface area contributed by atoms with E-state index in [2.05, 4.69) is 21.8 Å². The molecule has 1 aliphatic heterocycles. The summed E-state index contributed by atoms with van der Waals surface area (Å²) in [7, 11) is 0. The fourth-order valence-electron chi connectivity index (χ4n) is 1.96. The number of aromatic nitrogens is 2. The molecule has 1 aliphatic rings. The molecule has 1 aromatic rings. The lowest BCUT2D eigenvalue weighted by atomic mass is 10.2. The number of nitrogens with one attached hydrogen (secondary N) is 1. The number of carbonyl (C=O) groups excluding carboxylic acids is 1. The third-order valence-corrected chi connectivity index (χ3v) is 2.74. The van der Waals surface area contributed by atoms with Crippen LogP contribution in [0.2, 0.25) is 0 Å². The van der Waals surface area contributed by atoms with E-state index < -0.39 is 0 Å². The van der Waals surface area contributed by atoms with Gasteiger partial charge in [0.05, 0.1) is 18.5 Å². The number of aromatic amines is 1. The summed E-state index contributed by atoms with van der Waals surface area (Å²) >= 11 is 0. The van der Waals surface area contributed by atoms with E-state index in [1.807, 2.05) is 0 Å². The average molecular weight is 223 g/mol. The quantitative estimate of drug-likeness (QED) is 0.774. The molecule has 1 aromatic heterocycles. The van der Waals surface area contributed by atoms with Crippen LogP contribution in [0.4, 0.5) is 0 Å². The predicted molar refractivity (Wildman–Crippen MR) is 59.4 cm³/mol. The summed E-state index contributed by atoms with van der Waals surface area (Å²) in [6.07, 6.45) is 3.42. The molecule has 0 aliphatic carbocycles. The van der Waals surface area contributed by atoms with Crippen molar-refractivity contribution in [3.05, 3.63) is 17.7 Å². The highest BCUT2D eigenvalue weighted by Gasteiger charge is 2.23. The number of H-pyrrole nitrogens is 1. The largest absolute Gasteiger partial charge is 0.368 e. The van der Waals surface area contributed by atoms with Crippen LogP contribution in [0.15, 0.2) is 6.20 Å². The first kappa shape index (κ1) is 11.3. The molecular weight excluding hydrogens is 206 g/mol. The molecule has 1 unspecified atom stereocenters. The number of ether oxygens (including phenoxy) is 1. The average Bonchev–Trinajstić information content (AvgIpc) is 2.78. The zero-order chi connectivity index (χ0) is 11.4. The van der Waals surface area contributed by atoms with Gasteiger partial charge in [0.15, 0.2) is 6.29 Å². The Hall–Kier alpha value is -1.20. The molecule has 0 aromatic carbocycles. The van der Waals surface area contributed by atoms with Gasteiger partial charge in [0.25, 0.3) is 0 Å². The van der Waals surface area contributed by atoms with Gasteiger partial charge in [-0.15, -0.1) is 0 Å². The van der Waals surface area contributed by atoms with Gasteiger partial charge in [-0.1, -0.05) is 6.92 Å². The minimum Gasteiger partial charge on any atom is -0.368 e. The van der Waals surface area contributed by atoms with Crippen molar-refractivity contribution < 1.29 is 9.53 Å². The maximum absolute atomic E-state index is 10.5. The molecule has 1 N–H and O–H groups in total. The minimum absolute atomic E-state index is 0.0333. The standard InChI is InChI=1S/C11H17N3O2/c1-2-3-14-4-5-16-10(7-14)11-12-6-9(8-15)13-11/h6,8,10H,2-5,7H2,1H3,(H,12,13). The van der Waals surface area contributed by atoms with Crippen molar-refractivity contribution in [3.8, 4) is 0 Å². The van der Waals surface area contributed by atoms with Crippen LogP contribution in [-0.2, 0) is 4.74 Å². The molecule has 1 fully saturated rings. The molecule has 5 nitrogen and oxygen atoms in total. The highest BCUT2D eigenvalue weighted by atomic mass is 16.5. The molecule has 0 saturated carbocycles. The Balaban J connectivity index is 2.00. The van der Waals surface area contributed by atoms with Crippen molar-refractivity contribution in [2.75, 3.05) is 26.2 Å². The van der Waals surface area contributed by atoms with Crippen molar-refractivity contribution in [2.45, 2.75) is 19.4 Å². The Morgan fingerprint density at radius 2 is 2.62 bits per heavy atom. The van der Waals surface area contributed by atoms with E-state index in [1.54, 1.807) is 6.20 Å². The third-order valence-electron chi connectivity index (χ3n) is 2.74. The summed E-state index contributed by atoms with van der Waals surface area (Å²) in [5, 5.41) is 0. The molecule has 16 heavy (non-hydrogen) atoms. The van der Waals surface area contributed by atoms with Crippen molar-refractivity contribution in [1.29, 1.82) is 0 Å². The third kappa shape index (κ3) is 2.48. The lowest BCUT2D eigenvalue weighted by Gasteiger charge is -2.31. The fourth-order valence-corrected chi connectivity index (χ4v) is 1.96.